The minimum absolute atomic E-state index is 0.0586. The van der Waals surface area contributed by atoms with Gasteiger partial charge in [0.1, 0.15) is 0 Å². The molecule has 0 aliphatic carbocycles. The molecular weight excluding hydrogens is 452 g/mol. The molecular formula is C25H21ClN6O2. The van der Waals surface area contributed by atoms with E-state index in [1.54, 1.807) is 24.5 Å². The third-order valence-corrected chi connectivity index (χ3v) is 6.31. The molecule has 2 aromatic heterocycles. The lowest BCUT2D eigenvalue weighted by atomic mass is 9.85. The molecule has 1 aliphatic heterocycles. The zero-order valence-corrected chi connectivity index (χ0v) is 18.9. The highest BCUT2D eigenvalue weighted by Gasteiger charge is 2.34. The molecule has 9 heteroatoms. The van der Waals surface area contributed by atoms with Gasteiger partial charge < -0.3 is 10.2 Å². The Kier molecular flexibility index (Phi) is 6.14. The van der Waals surface area contributed by atoms with Crippen molar-refractivity contribution in [3.8, 4) is 0 Å². The van der Waals surface area contributed by atoms with E-state index < -0.39 is 0 Å². The van der Waals surface area contributed by atoms with E-state index in [0.29, 0.717) is 30.6 Å². The van der Waals surface area contributed by atoms with Crippen molar-refractivity contribution in [2.24, 2.45) is 0 Å². The highest BCUT2D eigenvalue weighted by atomic mass is 35.5. The van der Waals surface area contributed by atoms with Crippen LogP contribution in [0, 0.1) is 0 Å². The van der Waals surface area contributed by atoms with Crippen LogP contribution in [0.3, 0.4) is 0 Å². The van der Waals surface area contributed by atoms with Gasteiger partial charge in [-0.3, -0.25) is 19.6 Å². The van der Waals surface area contributed by atoms with Crippen LogP contribution in [0.1, 0.15) is 38.7 Å². The molecule has 5 rings (SSSR count). The predicted octanol–water partition coefficient (Wildman–Crippen LogP) is 3.50. The standard InChI is InChI=1S/C25H21ClN6O2/c26-23-22(29-11-12-30-23)24(33)31-19-8-13-32(15-18(19)16-4-2-1-3-5-16)25(34)17-6-7-20-21(14-17)28-10-9-27-20/h1-7,9-12,14,18-19H,8,13,15H2,(H,31,33)/t18-,19-/m1/s1. The molecule has 4 aromatic rings. The second kappa shape index (κ2) is 9.52. The number of fused-ring (bicyclic) bond motifs is 1. The molecule has 34 heavy (non-hydrogen) atoms. The lowest BCUT2D eigenvalue weighted by molar-refractivity contribution is 0.0671. The van der Waals surface area contributed by atoms with Crippen LogP contribution in [0.25, 0.3) is 11.0 Å². The van der Waals surface area contributed by atoms with Crippen molar-refractivity contribution in [3.05, 3.63) is 95.3 Å². The number of carbonyl (C=O) groups excluding carboxylic acids is 2. The van der Waals surface area contributed by atoms with E-state index in [9.17, 15) is 9.59 Å². The Morgan fingerprint density at radius 1 is 0.912 bits per heavy atom. The maximum Gasteiger partial charge on any atom is 0.273 e. The summed E-state index contributed by atoms with van der Waals surface area (Å²) < 4.78 is 0. The maximum atomic E-state index is 13.4. The molecule has 170 valence electrons. The Hall–Kier alpha value is -3.91. The minimum Gasteiger partial charge on any atom is -0.347 e. The maximum absolute atomic E-state index is 13.4. The monoisotopic (exact) mass is 472 g/mol. The number of halogens is 1. The first-order valence-electron chi connectivity index (χ1n) is 10.9. The lowest BCUT2D eigenvalue weighted by Crippen LogP contribution is -2.51. The number of nitrogens with zero attached hydrogens (tertiary/aromatic N) is 5. The minimum atomic E-state index is -0.378. The van der Waals surface area contributed by atoms with Crippen molar-refractivity contribution >= 4 is 34.4 Å². The van der Waals surface area contributed by atoms with Crippen molar-refractivity contribution in [1.29, 1.82) is 0 Å². The highest BCUT2D eigenvalue weighted by Crippen LogP contribution is 2.29. The summed E-state index contributed by atoms with van der Waals surface area (Å²) >= 11 is 6.07. The third kappa shape index (κ3) is 4.45. The van der Waals surface area contributed by atoms with E-state index >= 15 is 0 Å². The number of carbonyl (C=O) groups is 2. The molecule has 0 spiro atoms. The van der Waals surface area contributed by atoms with Gasteiger partial charge in [-0.05, 0) is 30.2 Å². The summed E-state index contributed by atoms with van der Waals surface area (Å²) in [6, 6.07) is 15.0. The summed E-state index contributed by atoms with van der Waals surface area (Å²) in [5.41, 5.74) is 3.11. The number of hydrogen-bond acceptors (Lipinski definition) is 6. The molecule has 1 N–H and O–H groups in total. The van der Waals surface area contributed by atoms with Crippen LogP contribution in [-0.4, -0.2) is 55.8 Å². The predicted molar refractivity (Wildman–Crippen MR) is 128 cm³/mol. The summed E-state index contributed by atoms with van der Waals surface area (Å²) in [5.74, 6) is -0.550. The van der Waals surface area contributed by atoms with E-state index in [4.69, 9.17) is 11.6 Å². The smallest absolute Gasteiger partial charge is 0.273 e. The van der Waals surface area contributed by atoms with Gasteiger partial charge in [0.25, 0.3) is 11.8 Å². The van der Waals surface area contributed by atoms with Gasteiger partial charge in [0.15, 0.2) is 10.8 Å². The zero-order chi connectivity index (χ0) is 23.5. The number of nitrogens with one attached hydrogen (secondary N) is 1. The molecule has 8 nitrogen and oxygen atoms in total. The van der Waals surface area contributed by atoms with Gasteiger partial charge in [0, 0.05) is 55.4 Å². The van der Waals surface area contributed by atoms with Crippen LogP contribution in [0.15, 0.2) is 73.3 Å². The molecule has 0 bridgehead atoms. The number of aromatic nitrogens is 4. The van der Waals surface area contributed by atoms with Gasteiger partial charge in [-0.2, -0.15) is 0 Å². The fourth-order valence-electron chi connectivity index (χ4n) is 4.34. The molecule has 1 saturated heterocycles. The second-order valence-electron chi connectivity index (χ2n) is 8.09. The molecule has 0 saturated carbocycles. The summed E-state index contributed by atoms with van der Waals surface area (Å²) in [5, 5.41) is 3.12. The summed E-state index contributed by atoms with van der Waals surface area (Å²) in [6.45, 7) is 0.959. The van der Waals surface area contributed by atoms with E-state index in [-0.39, 0.29) is 34.6 Å². The number of rotatable bonds is 4. The topological polar surface area (TPSA) is 101 Å². The van der Waals surface area contributed by atoms with E-state index in [1.807, 2.05) is 41.3 Å². The van der Waals surface area contributed by atoms with Crippen LogP contribution in [-0.2, 0) is 0 Å². The van der Waals surface area contributed by atoms with Gasteiger partial charge in [0.05, 0.1) is 11.0 Å². The molecule has 2 atom stereocenters. The van der Waals surface area contributed by atoms with Gasteiger partial charge in [-0.25, -0.2) is 9.97 Å². The van der Waals surface area contributed by atoms with Crippen LogP contribution in [0.5, 0.6) is 0 Å². The summed E-state index contributed by atoms with van der Waals surface area (Å²) in [7, 11) is 0. The molecule has 2 amide bonds. The quantitative estimate of drug-likeness (QED) is 0.488. The van der Waals surface area contributed by atoms with E-state index in [0.717, 1.165) is 11.1 Å². The van der Waals surface area contributed by atoms with Crippen LogP contribution in [0.4, 0.5) is 0 Å². The van der Waals surface area contributed by atoms with Crippen molar-refractivity contribution in [2.45, 2.75) is 18.4 Å². The normalized spacial score (nSPS) is 18.0. The first-order chi connectivity index (χ1) is 16.6. The Labute approximate surface area is 201 Å². The Morgan fingerprint density at radius 2 is 1.65 bits per heavy atom. The molecule has 0 radical (unpaired) electrons. The number of likely N-dealkylation sites (tertiary alicyclic amines) is 1. The van der Waals surface area contributed by atoms with Crippen molar-refractivity contribution in [2.75, 3.05) is 13.1 Å². The summed E-state index contributed by atoms with van der Waals surface area (Å²) in [4.78, 5) is 44.7. The summed E-state index contributed by atoms with van der Waals surface area (Å²) in [6.07, 6.45) is 6.70. The Morgan fingerprint density at radius 3 is 2.44 bits per heavy atom. The number of piperidine rings is 1. The molecule has 1 aliphatic rings. The van der Waals surface area contributed by atoms with Gasteiger partial charge >= 0.3 is 0 Å². The highest BCUT2D eigenvalue weighted by molar-refractivity contribution is 6.32. The van der Waals surface area contributed by atoms with Gasteiger partial charge in [-0.15, -0.1) is 0 Å². The zero-order valence-electron chi connectivity index (χ0n) is 18.1. The van der Waals surface area contributed by atoms with Crippen molar-refractivity contribution in [3.63, 3.8) is 0 Å². The molecule has 3 heterocycles. The van der Waals surface area contributed by atoms with Crippen LogP contribution < -0.4 is 5.32 Å². The number of benzene rings is 2. The van der Waals surface area contributed by atoms with Crippen LogP contribution in [0.2, 0.25) is 5.15 Å². The lowest BCUT2D eigenvalue weighted by Gasteiger charge is -2.39. The Bertz CT molecular complexity index is 1350. The van der Waals surface area contributed by atoms with Crippen molar-refractivity contribution < 1.29 is 9.59 Å². The van der Waals surface area contributed by atoms with E-state index in [2.05, 4.69) is 25.3 Å². The molecule has 1 fully saturated rings. The number of hydrogen-bond donors (Lipinski definition) is 1. The first kappa shape index (κ1) is 21.9. The largest absolute Gasteiger partial charge is 0.347 e. The first-order valence-corrected chi connectivity index (χ1v) is 11.3. The SMILES string of the molecule is O=C(N[C@@H]1CCN(C(=O)c2ccc3nccnc3c2)C[C@@H]1c1ccccc1)c1nccnc1Cl. The second-order valence-corrected chi connectivity index (χ2v) is 8.45. The fourth-order valence-corrected chi connectivity index (χ4v) is 4.53. The van der Waals surface area contributed by atoms with Crippen molar-refractivity contribution in [1.82, 2.24) is 30.2 Å². The van der Waals surface area contributed by atoms with Crippen LogP contribution >= 0.6 is 11.6 Å². The molecule has 2 aromatic carbocycles. The average Bonchev–Trinajstić information content (AvgIpc) is 2.89. The third-order valence-electron chi connectivity index (χ3n) is 6.03. The average molecular weight is 473 g/mol. The van der Waals surface area contributed by atoms with Gasteiger partial charge in [-0.1, -0.05) is 41.9 Å². The van der Waals surface area contributed by atoms with Gasteiger partial charge in [0.2, 0.25) is 0 Å². The van der Waals surface area contributed by atoms with E-state index in [1.165, 1.54) is 12.4 Å². The Balaban J connectivity index is 1.39. The number of amides is 2. The fraction of sp³-hybridized carbons (Fsp3) is 0.200. The molecule has 0 unspecified atom stereocenters.